The van der Waals surface area contributed by atoms with E-state index in [0.29, 0.717) is 48.5 Å². The molecule has 0 unspecified atom stereocenters. The molecule has 0 radical (unpaired) electrons. The fourth-order valence-electron chi connectivity index (χ4n) is 4.05. The molecule has 0 atom stereocenters. The van der Waals surface area contributed by atoms with Gasteiger partial charge >= 0.3 is 0 Å². The summed E-state index contributed by atoms with van der Waals surface area (Å²) < 4.78 is 1.84. The number of hydrogen-bond acceptors (Lipinski definition) is 4. The number of piperidine rings is 1. The van der Waals surface area contributed by atoms with Crippen molar-refractivity contribution in [2.45, 2.75) is 38.8 Å². The summed E-state index contributed by atoms with van der Waals surface area (Å²) in [7, 11) is 0. The molecule has 0 spiro atoms. The van der Waals surface area contributed by atoms with Gasteiger partial charge in [-0.05, 0) is 56.5 Å². The van der Waals surface area contributed by atoms with Crippen LogP contribution in [0.5, 0.6) is 0 Å². The SMILES string of the molecule is CCn1cc(C(=O)N2CCC(O)(c3ccc(Cl)cc3)CC2)c(=O)c2ccc(C)nc21. The van der Waals surface area contributed by atoms with Gasteiger partial charge in [-0.15, -0.1) is 0 Å². The van der Waals surface area contributed by atoms with Crippen molar-refractivity contribution in [2.75, 3.05) is 13.1 Å². The minimum absolute atomic E-state index is 0.145. The van der Waals surface area contributed by atoms with E-state index >= 15 is 0 Å². The predicted octanol–water partition coefficient (Wildman–Crippen LogP) is 3.50. The predicted molar refractivity (Wildman–Crippen MR) is 117 cm³/mol. The Labute approximate surface area is 179 Å². The maximum atomic E-state index is 13.2. The topological polar surface area (TPSA) is 75.4 Å². The first-order valence-corrected chi connectivity index (χ1v) is 10.5. The van der Waals surface area contributed by atoms with Crippen LogP contribution in [-0.2, 0) is 12.1 Å². The average molecular weight is 426 g/mol. The smallest absolute Gasteiger partial charge is 0.259 e. The molecule has 156 valence electrons. The Morgan fingerprint density at radius 1 is 1.17 bits per heavy atom. The van der Waals surface area contributed by atoms with Gasteiger partial charge in [0.15, 0.2) is 0 Å². The van der Waals surface area contributed by atoms with Gasteiger partial charge in [-0.1, -0.05) is 23.7 Å². The van der Waals surface area contributed by atoms with Crippen LogP contribution in [0.2, 0.25) is 5.02 Å². The van der Waals surface area contributed by atoms with E-state index in [-0.39, 0.29) is 16.9 Å². The van der Waals surface area contributed by atoms with Gasteiger partial charge in [0.25, 0.3) is 5.91 Å². The Kier molecular flexibility index (Phi) is 5.38. The van der Waals surface area contributed by atoms with E-state index in [4.69, 9.17) is 11.6 Å². The zero-order valence-corrected chi connectivity index (χ0v) is 17.8. The molecule has 3 heterocycles. The summed E-state index contributed by atoms with van der Waals surface area (Å²) in [5.41, 5.74) is 1.04. The highest BCUT2D eigenvalue weighted by Gasteiger charge is 2.36. The summed E-state index contributed by atoms with van der Waals surface area (Å²) in [6.45, 7) is 5.17. The van der Waals surface area contributed by atoms with E-state index in [2.05, 4.69) is 4.98 Å². The molecule has 2 aromatic heterocycles. The highest BCUT2D eigenvalue weighted by Crippen LogP contribution is 2.33. The lowest BCUT2D eigenvalue weighted by atomic mass is 9.84. The molecule has 7 heteroatoms. The molecule has 1 aliphatic rings. The van der Waals surface area contributed by atoms with Crippen molar-refractivity contribution < 1.29 is 9.90 Å². The Morgan fingerprint density at radius 3 is 2.47 bits per heavy atom. The molecule has 1 fully saturated rings. The molecule has 1 amide bonds. The van der Waals surface area contributed by atoms with Crippen LogP contribution in [0.3, 0.4) is 0 Å². The van der Waals surface area contributed by atoms with Crippen LogP contribution in [0, 0.1) is 6.92 Å². The molecule has 0 saturated carbocycles. The van der Waals surface area contributed by atoms with Gasteiger partial charge in [-0.2, -0.15) is 0 Å². The van der Waals surface area contributed by atoms with E-state index in [1.165, 1.54) is 0 Å². The van der Waals surface area contributed by atoms with Crippen LogP contribution < -0.4 is 5.43 Å². The minimum atomic E-state index is -1.00. The van der Waals surface area contributed by atoms with Crippen molar-refractivity contribution in [1.29, 1.82) is 0 Å². The van der Waals surface area contributed by atoms with Crippen molar-refractivity contribution in [1.82, 2.24) is 14.5 Å². The second-order valence-corrected chi connectivity index (χ2v) is 8.25. The first-order chi connectivity index (χ1) is 14.3. The zero-order chi connectivity index (χ0) is 21.5. The maximum absolute atomic E-state index is 13.2. The number of nitrogens with zero attached hydrogens (tertiary/aromatic N) is 3. The quantitative estimate of drug-likeness (QED) is 0.696. The molecule has 4 rings (SSSR count). The monoisotopic (exact) mass is 425 g/mol. The molecule has 0 aliphatic carbocycles. The Balaban J connectivity index is 1.61. The van der Waals surface area contributed by atoms with Gasteiger partial charge < -0.3 is 14.6 Å². The fraction of sp³-hybridized carbons (Fsp3) is 0.348. The number of fused-ring (bicyclic) bond motifs is 1. The lowest BCUT2D eigenvalue weighted by Gasteiger charge is -2.38. The van der Waals surface area contributed by atoms with Crippen LogP contribution in [-0.4, -0.2) is 38.6 Å². The number of aryl methyl sites for hydroxylation is 2. The first kappa shape index (κ1) is 20.6. The van der Waals surface area contributed by atoms with Crippen molar-refractivity contribution in [2.24, 2.45) is 0 Å². The third kappa shape index (κ3) is 3.61. The zero-order valence-electron chi connectivity index (χ0n) is 17.1. The second-order valence-electron chi connectivity index (χ2n) is 7.81. The number of hydrogen-bond donors (Lipinski definition) is 1. The molecular weight excluding hydrogens is 402 g/mol. The number of likely N-dealkylation sites (tertiary alicyclic amines) is 1. The summed E-state index contributed by atoms with van der Waals surface area (Å²) in [6, 6.07) is 10.7. The van der Waals surface area contributed by atoms with Gasteiger partial charge in [-0.25, -0.2) is 4.98 Å². The van der Waals surface area contributed by atoms with E-state index in [1.807, 2.05) is 30.5 Å². The molecule has 6 nitrogen and oxygen atoms in total. The van der Waals surface area contributed by atoms with Crippen LogP contribution in [0.25, 0.3) is 11.0 Å². The Morgan fingerprint density at radius 2 is 1.83 bits per heavy atom. The van der Waals surface area contributed by atoms with Crippen LogP contribution >= 0.6 is 11.6 Å². The Bertz CT molecular complexity index is 1160. The second kappa shape index (κ2) is 7.85. The van der Waals surface area contributed by atoms with E-state index < -0.39 is 5.60 Å². The van der Waals surface area contributed by atoms with Crippen molar-refractivity contribution in [3.8, 4) is 0 Å². The first-order valence-electron chi connectivity index (χ1n) is 10.1. The highest BCUT2D eigenvalue weighted by atomic mass is 35.5. The van der Waals surface area contributed by atoms with Crippen molar-refractivity contribution in [3.63, 3.8) is 0 Å². The number of aliphatic hydroxyl groups is 1. The van der Waals surface area contributed by atoms with Gasteiger partial charge in [0.1, 0.15) is 11.2 Å². The van der Waals surface area contributed by atoms with Crippen molar-refractivity contribution >= 4 is 28.5 Å². The van der Waals surface area contributed by atoms with Gasteiger partial charge in [0, 0.05) is 36.5 Å². The summed E-state index contributed by atoms with van der Waals surface area (Å²) in [4.78, 5) is 32.3. The lowest BCUT2D eigenvalue weighted by Crippen LogP contribution is -2.46. The maximum Gasteiger partial charge on any atom is 0.259 e. The molecular formula is C23H24ClN3O3. The summed E-state index contributed by atoms with van der Waals surface area (Å²) in [5.74, 6) is -0.303. The van der Waals surface area contributed by atoms with Crippen LogP contribution in [0.15, 0.2) is 47.4 Å². The van der Waals surface area contributed by atoms with E-state index in [1.54, 1.807) is 35.4 Å². The molecule has 1 aliphatic heterocycles. The minimum Gasteiger partial charge on any atom is -0.385 e. The number of pyridine rings is 2. The number of amides is 1. The molecule has 1 saturated heterocycles. The summed E-state index contributed by atoms with van der Waals surface area (Å²) >= 11 is 5.95. The standard InChI is InChI=1S/C23H24ClN3O3/c1-3-26-14-19(20(28)18-9-4-15(2)25-21(18)26)22(29)27-12-10-23(30,11-13-27)16-5-7-17(24)8-6-16/h4-9,14,30H,3,10-13H2,1-2H3. The summed E-state index contributed by atoms with van der Waals surface area (Å²) in [5, 5.41) is 12.1. The van der Waals surface area contributed by atoms with Crippen LogP contribution in [0.4, 0.5) is 0 Å². The third-order valence-electron chi connectivity index (χ3n) is 5.89. The van der Waals surface area contributed by atoms with Gasteiger partial charge in [0.2, 0.25) is 5.43 Å². The highest BCUT2D eigenvalue weighted by molar-refractivity contribution is 6.30. The largest absolute Gasteiger partial charge is 0.385 e. The summed E-state index contributed by atoms with van der Waals surface area (Å²) in [6.07, 6.45) is 2.41. The van der Waals surface area contributed by atoms with E-state index in [0.717, 1.165) is 11.3 Å². The van der Waals surface area contributed by atoms with Crippen LogP contribution in [0.1, 0.15) is 41.4 Å². The van der Waals surface area contributed by atoms with Gasteiger partial charge in [0.05, 0.1) is 11.0 Å². The average Bonchev–Trinajstić information content (AvgIpc) is 2.74. The lowest BCUT2D eigenvalue weighted by molar-refractivity contribution is -0.0211. The van der Waals surface area contributed by atoms with Gasteiger partial charge in [-0.3, -0.25) is 9.59 Å². The molecule has 30 heavy (non-hydrogen) atoms. The Hall–Kier alpha value is -2.70. The molecule has 0 bridgehead atoms. The number of benzene rings is 1. The van der Waals surface area contributed by atoms with Crippen molar-refractivity contribution in [3.05, 3.63) is 74.7 Å². The molecule has 1 aromatic carbocycles. The normalized spacial score (nSPS) is 16.1. The molecule has 3 aromatic rings. The number of aromatic nitrogens is 2. The fourth-order valence-corrected chi connectivity index (χ4v) is 4.18. The number of carbonyl (C=O) groups excluding carboxylic acids is 1. The third-order valence-corrected chi connectivity index (χ3v) is 6.14. The molecule has 1 N–H and O–H groups in total. The van der Waals surface area contributed by atoms with E-state index in [9.17, 15) is 14.7 Å². The number of halogens is 1. The number of rotatable bonds is 3. The number of carbonyl (C=O) groups is 1.